The van der Waals surface area contributed by atoms with E-state index >= 15 is 0 Å². The molecule has 1 saturated heterocycles. The molecule has 0 aliphatic carbocycles. The van der Waals surface area contributed by atoms with Crippen molar-refractivity contribution >= 4 is 5.91 Å². The monoisotopic (exact) mass is 209 g/mol. The fourth-order valence-electron chi connectivity index (χ4n) is 1.73. The quantitative estimate of drug-likeness (QED) is 0.669. The van der Waals surface area contributed by atoms with Crippen LogP contribution in [0.1, 0.15) is 12.6 Å². The van der Waals surface area contributed by atoms with Gasteiger partial charge in [-0.3, -0.25) is 14.4 Å². The Hall–Kier alpha value is -1.43. The summed E-state index contributed by atoms with van der Waals surface area (Å²) in [6.45, 7) is 4.71. The largest absolute Gasteiger partial charge is 0.329 e. The third kappa shape index (κ3) is 1.99. The standard InChI is InChI=1S/C9H15N5O/c1-3-14-7-13(6-9(14)15)5-8-4-10-11-12(8)2/h4H,3,5-7H2,1-2H3. The molecule has 0 bridgehead atoms. The molecule has 0 aromatic carbocycles. The van der Waals surface area contributed by atoms with Crippen LogP contribution >= 0.6 is 0 Å². The Morgan fingerprint density at radius 2 is 2.33 bits per heavy atom. The van der Waals surface area contributed by atoms with Crippen LogP contribution < -0.4 is 0 Å². The summed E-state index contributed by atoms with van der Waals surface area (Å²) in [5.41, 5.74) is 1.03. The highest BCUT2D eigenvalue weighted by atomic mass is 16.2. The van der Waals surface area contributed by atoms with Crippen molar-refractivity contribution in [1.29, 1.82) is 0 Å². The lowest BCUT2D eigenvalue weighted by atomic mass is 10.4. The van der Waals surface area contributed by atoms with E-state index in [4.69, 9.17) is 0 Å². The van der Waals surface area contributed by atoms with Crippen molar-refractivity contribution < 1.29 is 4.79 Å². The first-order chi connectivity index (χ1) is 7.20. The van der Waals surface area contributed by atoms with Gasteiger partial charge in [0, 0.05) is 20.1 Å². The molecule has 2 rings (SSSR count). The number of amides is 1. The van der Waals surface area contributed by atoms with E-state index in [2.05, 4.69) is 15.2 Å². The lowest BCUT2D eigenvalue weighted by molar-refractivity contribution is -0.126. The second-order valence-corrected chi connectivity index (χ2v) is 3.73. The van der Waals surface area contributed by atoms with Gasteiger partial charge in [-0.25, -0.2) is 0 Å². The fraction of sp³-hybridized carbons (Fsp3) is 0.667. The Balaban J connectivity index is 1.98. The molecule has 1 aromatic heterocycles. The van der Waals surface area contributed by atoms with E-state index in [0.717, 1.165) is 18.8 Å². The van der Waals surface area contributed by atoms with E-state index < -0.39 is 0 Å². The Morgan fingerprint density at radius 3 is 2.87 bits per heavy atom. The zero-order valence-electron chi connectivity index (χ0n) is 9.05. The van der Waals surface area contributed by atoms with Crippen molar-refractivity contribution in [3.05, 3.63) is 11.9 Å². The second kappa shape index (κ2) is 3.98. The lowest BCUT2D eigenvalue weighted by Crippen LogP contribution is -2.27. The van der Waals surface area contributed by atoms with Gasteiger partial charge in [-0.15, -0.1) is 5.10 Å². The van der Waals surface area contributed by atoms with E-state index in [-0.39, 0.29) is 5.91 Å². The van der Waals surface area contributed by atoms with E-state index in [1.807, 2.05) is 18.9 Å². The fourth-order valence-corrected chi connectivity index (χ4v) is 1.73. The molecular weight excluding hydrogens is 194 g/mol. The summed E-state index contributed by atoms with van der Waals surface area (Å²) in [6, 6.07) is 0. The second-order valence-electron chi connectivity index (χ2n) is 3.73. The van der Waals surface area contributed by atoms with Crippen molar-refractivity contribution in [3.63, 3.8) is 0 Å². The van der Waals surface area contributed by atoms with Crippen LogP contribution in [0.15, 0.2) is 6.20 Å². The molecule has 1 aliphatic heterocycles. The molecule has 1 fully saturated rings. The van der Waals surface area contributed by atoms with E-state index in [1.165, 1.54) is 0 Å². The number of rotatable bonds is 3. The zero-order valence-corrected chi connectivity index (χ0v) is 9.05. The molecule has 6 heteroatoms. The minimum absolute atomic E-state index is 0.202. The van der Waals surface area contributed by atoms with Gasteiger partial charge < -0.3 is 4.90 Å². The summed E-state index contributed by atoms with van der Waals surface area (Å²) in [5, 5.41) is 7.67. The van der Waals surface area contributed by atoms with Gasteiger partial charge >= 0.3 is 0 Å². The summed E-state index contributed by atoms with van der Waals surface area (Å²) in [5.74, 6) is 0.202. The Labute approximate surface area is 88.5 Å². The predicted octanol–water partition coefficient (Wildman–Crippen LogP) is -0.563. The number of aryl methyl sites for hydroxylation is 1. The molecule has 0 unspecified atom stereocenters. The van der Waals surface area contributed by atoms with Crippen LogP contribution in [-0.4, -0.2) is 50.5 Å². The van der Waals surface area contributed by atoms with Crippen LogP contribution in [0.3, 0.4) is 0 Å². The summed E-state index contributed by atoms with van der Waals surface area (Å²) >= 11 is 0. The topological polar surface area (TPSA) is 54.3 Å². The van der Waals surface area contributed by atoms with Gasteiger partial charge in [-0.05, 0) is 6.92 Å². The third-order valence-corrected chi connectivity index (χ3v) is 2.66. The van der Waals surface area contributed by atoms with Crippen LogP contribution in [-0.2, 0) is 18.4 Å². The Morgan fingerprint density at radius 1 is 1.53 bits per heavy atom. The van der Waals surface area contributed by atoms with Gasteiger partial charge in [-0.1, -0.05) is 5.21 Å². The van der Waals surface area contributed by atoms with Crippen LogP contribution in [0, 0.1) is 0 Å². The first-order valence-electron chi connectivity index (χ1n) is 5.04. The van der Waals surface area contributed by atoms with Crippen molar-refractivity contribution in [2.24, 2.45) is 7.05 Å². The van der Waals surface area contributed by atoms with Crippen LogP contribution in [0.25, 0.3) is 0 Å². The van der Waals surface area contributed by atoms with Crippen molar-refractivity contribution in [2.75, 3.05) is 19.8 Å². The molecule has 6 nitrogen and oxygen atoms in total. The molecule has 15 heavy (non-hydrogen) atoms. The van der Waals surface area contributed by atoms with E-state index in [0.29, 0.717) is 13.2 Å². The number of carbonyl (C=O) groups is 1. The molecule has 0 atom stereocenters. The molecule has 0 spiro atoms. The molecule has 0 saturated carbocycles. The molecule has 82 valence electrons. The summed E-state index contributed by atoms with van der Waals surface area (Å²) in [4.78, 5) is 15.4. The number of nitrogens with zero attached hydrogens (tertiary/aromatic N) is 5. The highest BCUT2D eigenvalue weighted by molar-refractivity contribution is 5.79. The average molecular weight is 209 g/mol. The van der Waals surface area contributed by atoms with E-state index in [9.17, 15) is 4.79 Å². The summed E-state index contributed by atoms with van der Waals surface area (Å²) in [7, 11) is 1.86. The number of likely N-dealkylation sites (N-methyl/N-ethyl adjacent to an activating group) is 1. The summed E-state index contributed by atoms with van der Waals surface area (Å²) in [6.07, 6.45) is 1.74. The molecule has 1 amide bonds. The zero-order chi connectivity index (χ0) is 10.8. The highest BCUT2D eigenvalue weighted by Crippen LogP contribution is 2.09. The maximum absolute atomic E-state index is 11.5. The van der Waals surface area contributed by atoms with Crippen LogP contribution in [0.4, 0.5) is 0 Å². The van der Waals surface area contributed by atoms with Gasteiger partial charge in [0.25, 0.3) is 0 Å². The number of hydrogen-bond donors (Lipinski definition) is 0. The number of carbonyl (C=O) groups excluding carboxylic acids is 1. The maximum atomic E-state index is 11.5. The van der Waals surface area contributed by atoms with Crippen molar-refractivity contribution in [2.45, 2.75) is 13.5 Å². The Kier molecular flexibility index (Phi) is 2.68. The molecule has 1 aliphatic rings. The molecule has 0 radical (unpaired) electrons. The van der Waals surface area contributed by atoms with Gasteiger partial charge in [0.2, 0.25) is 5.91 Å². The summed E-state index contributed by atoms with van der Waals surface area (Å²) < 4.78 is 1.74. The molecular formula is C9H15N5O. The van der Waals surface area contributed by atoms with Crippen LogP contribution in [0.2, 0.25) is 0 Å². The van der Waals surface area contributed by atoms with Crippen molar-refractivity contribution in [1.82, 2.24) is 24.8 Å². The van der Waals surface area contributed by atoms with Crippen LogP contribution in [0.5, 0.6) is 0 Å². The molecule has 0 N–H and O–H groups in total. The SMILES string of the molecule is CCN1CN(Cc2cnnn2C)CC1=O. The third-order valence-electron chi connectivity index (χ3n) is 2.66. The number of aromatic nitrogens is 3. The highest BCUT2D eigenvalue weighted by Gasteiger charge is 2.26. The van der Waals surface area contributed by atoms with E-state index in [1.54, 1.807) is 10.9 Å². The Bertz CT molecular complexity index is 361. The normalized spacial score (nSPS) is 17.7. The predicted molar refractivity (Wildman–Crippen MR) is 53.7 cm³/mol. The number of hydrogen-bond acceptors (Lipinski definition) is 4. The lowest BCUT2D eigenvalue weighted by Gasteiger charge is -2.15. The first kappa shape index (κ1) is 10.1. The van der Waals surface area contributed by atoms with Gasteiger partial charge in [-0.2, -0.15) is 0 Å². The minimum Gasteiger partial charge on any atom is -0.329 e. The average Bonchev–Trinajstić information content (AvgIpc) is 2.75. The van der Waals surface area contributed by atoms with Gasteiger partial charge in [0.15, 0.2) is 0 Å². The van der Waals surface area contributed by atoms with Crippen molar-refractivity contribution in [3.8, 4) is 0 Å². The minimum atomic E-state index is 0.202. The maximum Gasteiger partial charge on any atom is 0.237 e. The van der Waals surface area contributed by atoms with Gasteiger partial charge in [0.1, 0.15) is 0 Å². The smallest absolute Gasteiger partial charge is 0.237 e. The molecule has 2 heterocycles. The van der Waals surface area contributed by atoms with Gasteiger partial charge in [0.05, 0.1) is 25.1 Å². The molecule has 1 aromatic rings. The first-order valence-corrected chi connectivity index (χ1v) is 5.04.